The number of hydrogen-bond acceptors (Lipinski definition) is 3. The summed E-state index contributed by atoms with van der Waals surface area (Å²) in [4.78, 5) is 24.4. The van der Waals surface area contributed by atoms with Crippen molar-refractivity contribution < 1.29 is 14.3 Å². The Morgan fingerprint density at radius 3 is 2.43 bits per heavy atom. The van der Waals surface area contributed by atoms with Gasteiger partial charge < -0.3 is 20.7 Å². The summed E-state index contributed by atoms with van der Waals surface area (Å²) in [6.07, 6.45) is 4.21. The van der Waals surface area contributed by atoms with Crippen LogP contribution in [0.15, 0.2) is 48.5 Å². The number of nitrogens with one attached hydrogen (secondary N) is 3. The van der Waals surface area contributed by atoms with Gasteiger partial charge in [0.1, 0.15) is 0 Å². The van der Waals surface area contributed by atoms with Crippen molar-refractivity contribution in [2.45, 2.75) is 38.8 Å². The predicted molar refractivity (Wildman–Crippen MR) is 110 cm³/mol. The summed E-state index contributed by atoms with van der Waals surface area (Å²) in [7, 11) is 1.65. The molecule has 1 aliphatic rings. The monoisotopic (exact) mass is 381 g/mol. The number of carbonyl (C=O) groups excluding carboxylic acids is 2. The van der Waals surface area contributed by atoms with Crippen LogP contribution in [0.5, 0.6) is 0 Å². The Morgan fingerprint density at radius 2 is 1.71 bits per heavy atom. The van der Waals surface area contributed by atoms with Gasteiger partial charge in [0.25, 0.3) is 0 Å². The number of methoxy groups -OCH3 is 1. The topological polar surface area (TPSA) is 79.5 Å². The molecule has 6 heteroatoms. The van der Waals surface area contributed by atoms with Gasteiger partial charge in [-0.25, -0.2) is 4.79 Å². The largest absolute Gasteiger partial charge is 0.380 e. The van der Waals surface area contributed by atoms with Crippen molar-refractivity contribution in [1.82, 2.24) is 5.32 Å². The quantitative estimate of drug-likeness (QED) is 0.670. The van der Waals surface area contributed by atoms with Crippen LogP contribution in [0.3, 0.4) is 0 Å². The first-order valence-electron chi connectivity index (χ1n) is 9.66. The molecule has 148 valence electrons. The van der Waals surface area contributed by atoms with Gasteiger partial charge in [-0.15, -0.1) is 0 Å². The SMILES string of the molecule is COCc1ccc(NC(=O)NCc2cccc(NC(=O)C3CCCC3)c2)cc1. The summed E-state index contributed by atoms with van der Waals surface area (Å²) in [6.45, 7) is 0.917. The zero-order valence-electron chi connectivity index (χ0n) is 16.2. The van der Waals surface area contributed by atoms with Gasteiger partial charge in [-0.1, -0.05) is 37.1 Å². The molecule has 2 aromatic carbocycles. The lowest BCUT2D eigenvalue weighted by atomic mass is 10.1. The van der Waals surface area contributed by atoms with Gasteiger partial charge in [0.15, 0.2) is 0 Å². The highest BCUT2D eigenvalue weighted by atomic mass is 16.5. The van der Waals surface area contributed by atoms with Crippen LogP contribution < -0.4 is 16.0 Å². The molecule has 0 heterocycles. The first-order valence-corrected chi connectivity index (χ1v) is 9.66. The van der Waals surface area contributed by atoms with E-state index in [-0.39, 0.29) is 17.9 Å². The van der Waals surface area contributed by atoms with Gasteiger partial charge in [-0.2, -0.15) is 0 Å². The van der Waals surface area contributed by atoms with Crippen molar-refractivity contribution in [3.05, 3.63) is 59.7 Å². The van der Waals surface area contributed by atoms with Crippen LogP contribution in [0.2, 0.25) is 0 Å². The number of benzene rings is 2. The molecular formula is C22H27N3O3. The molecule has 0 unspecified atom stereocenters. The third-order valence-corrected chi connectivity index (χ3v) is 4.90. The van der Waals surface area contributed by atoms with Gasteiger partial charge in [0, 0.05) is 30.9 Å². The van der Waals surface area contributed by atoms with E-state index in [1.807, 2.05) is 48.5 Å². The van der Waals surface area contributed by atoms with E-state index >= 15 is 0 Å². The second kappa shape index (κ2) is 9.90. The number of carbonyl (C=O) groups is 2. The van der Waals surface area contributed by atoms with Crippen molar-refractivity contribution in [3.63, 3.8) is 0 Å². The maximum absolute atomic E-state index is 12.3. The highest BCUT2D eigenvalue weighted by Gasteiger charge is 2.22. The Balaban J connectivity index is 1.48. The molecule has 0 spiro atoms. The van der Waals surface area contributed by atoms with Gasteiger partial charge >= 0.3 is 6.03 Å². The highest BCUT2D eigenvalue weighted by molar-refractivity contribution is 5.92. The van der Waals surface area contributed by atoms with E-state index in [2.05, 4.69) is 16.0 Å². The molecule has 2 aromatic rings. The average molecular weight is 381 g/mol. The summed E-state index contributed by atoms with van der Waals surface area (Å²) in [5, 5.41) is 8.63. The van der Waals surface area contributed by atoms with E-state index in [1.54, 1.807) is 7.11 Å². The van der Waals surface area contributed by atoms with E-state index in [0.717, 1.165) is 48.2 Å². The molecule has 3 N–H and O–H groups in total. The molecule has 1 aliphatic carbocycles. The summed E-state index contributed by atoms with van der Waals surface area (Å²) in [6, 6.07) is 14.8. The van der Waals surface area contributed by atoms with E-state index in [9.17, 15) is 9.59 Å². The minimum absolute atomic E-state index is 0.0947. The summed E-state index contributed by atoms with van der Waals surface area (Å²) < 4.78 is 5.07. The van der Waals surface area contributed by atoms with Crippen molar-refractivity contribution in [2.24, 2.45) is 5.92 Å². The fourth-order valence-corrected chi connectivity index (χ4v) is 3.40. The summed E-state index contributed by atoms with van der Waals surface area (Å²) >= 11 is 0. The minimum atomic E-state index is -0.278. The van der Waals surface area contributed by atoms with Crippen LogP contribution in [0.1, 0.15) is 36.8 Å². The molecule has 28 heavy (non-hydrogen) atoms. The zero-order valence-corrected chi connectivity index (χ0v) is 16.2. The van der Waals surface area contributed by atoms with Crippen LogP contribution in [0.25, 0.3) is 0 Å². The van der Waals surface area contributed by atoms with Crippen molar-refractivity contribution in [3.8, 4) is 0 Å². The summed E-state index contributed by atoms with van der Waals surface area (Å²) in [5.41, 5.74) is 3.46. The van der Waals surface area contributed by atoms with Crippen LogP contribution in [-0.2, 0) is 22.7 Å². The molecule has 3 amide bonds. The second-order valence-corrected chi connectivity index (χ2v) is 7.11. The zero-order chi connectivity index (χ0) is 19.8. The van der Waals surface area contributed by atoms with Gasteiger partial charge in [0.2, 0.25) is 5.91 Å². The Hall–Kier alpha value is -2.86. The van der Waals surface area contributed by atoms with Crippen molar-refractivity contribution >= 4 is 23.3 Å². The molecule has 3 rings (SSSR count). The van der Waals surface area contributed by atoms with Crippen molar-refractivity contribution in [2.75, 3.05) is 17.7 Å². The third kappa shape index (κ3) is 5.82. The highest BCUT2D eigenvalue weighted by Crippen LogP contribution is 2.26. The van der Waals surface area contributed by atoms with Crippen LogP contribution in [0.4, 0.5) is 16.2 Å². The molecule has 0 atom stereocenters. The Labute approximate surface area is 165 Å². The van der Waals surface area contributed by atoms with Gasteiger partial charge in [0.05, 0.1) is 6.61 Å². The molecule has 0 aromatic heterocycles. The van der Waals surface area contributed by atoms with E-state index < -0.39 is 0 Å². The number of urea groups is 1. The molecular weight excluding hydrogens is 354 g/mol. The first kappa shape index (κ1) is 19.9. The lowest BCUT2D eigenvalue weighted by molar-refractivity contribution is -0.119. The predicted octanol–water partition coefficient (Wildman–Crippen LogP) is 4.28. The van der Waals surface area contributed by atoms with Crippen LogP contribution in [-0.4, -0.2) is 19.0 Å². The van der Waals surface area contributed by atoms with E-state index in [0.29, 0.717) is 13.2 Å². The van der Waals surface area contributed by atoms with Crippen LogP contribution >= 0.6 is 0 Å². The average Bonchev–Trinajstić information content (AvgIpc) is 3.24. The Kier molecular flexibility index (Phi) is 7.03. The summed E-state index contributed by atoms with van der Waals surface area (Å²) in [5.74, 6) is 0.222. The number of amides is 3. The molecule has 0 aliphatic heterocycles. The molecule has 1 fully saturated rings. The molecule has 0 bridgehead atoms. The lowest BCUT2D eigenvalue weighted by Crippen LogP contribution is -2.28. The number of ether oxygens (including phenoxy) is 1. The standard InChI is InChI=1S/C22H27N3O3/c1-28-15-16-9-11-19(12-10-16)25-22(27)23-14-17-5-4-8-20(13-17)24-21(26)18-6-2-3-7-18/h4-5,8-13,18H,2-3,6-7,14-15H2,1H3,(H,24,26)(H2,23,25,27). The van der Waals surface area contributed by atoms with E-state index in [1.165, 1.54) is 0 Å². The lowest BCUT2D eigenvalue weighted by Gasteiger charge is -2.12. The van der Waals surface area contributed by atoms with Crippen molar-refractivity contribution in [1.29, 1.82) is 0 Å². The van der Waals surface area contributed by atoms with Crippen LogP contribution in [0, 0.1) is 5.92 Å². The number of rotatable bonds is 7. The molecule has 6 nitrogen and oxygen atoms in total. The number of anilines is 2. The Morgan fingerprint density at radius 1 is 0.964 bits per heavy atom. The van der Waals surface area contributed by atoms with Gasteiger partial charge in [-0.05, 0) is 48.2 Å². The second-order valence-electron chi connectivity index (χ2n) is 7.11. The normalized spacial score (nSPS) is 13.9. The van der Waals surface area contributed by atoms with E-state index in [4.69, 9.17) is 4.74 Å². The third-order valence-electron chi connectivity index (χ3n) is 4.90. The molecule has 1 saturated carbocycles. The number of hydrogen-bond donors (Lipinski definition) is 3. The minimum Gasteiger partial charge on any atom is -0.380 e. The smallest absolute Gasteiger partial charge is 0.319 e. The fourth-order valence-electron chi connectivity index (χ4n) is 3.40. The fraction of sp³-hybridized carbons (Fsp3) is 0.364. The molecule has 0 radical (unpaired) electrons. The Bertz CT molecular complexity index is 799. The first-order chi connectivity index (χ1) is 13.6. The molecule has 0 saturated heterocycles. The van der Waals surface area contributed by atoms with Gasteiger partial charge in [-0.3, -0.25) is 4.79 Å². The maximum Gasteiger partial charge on any atom is 0.319 e. The maximum atomic E-state index is 12.3.